The summed E-state index contributed by atoms with van der Waals surface area (Å²) in [4.78, 5) is 12.8. The van der Waals surface area contributed by atoms with Gasteiger partial charge in [-0.05, 0) is 39.0 Å². The lowest BCUT2D eigenvalue weighted by atomic mass is 9.74. The highest BCUT2D eigenvalue weighted by molar-refractivity contribution is 5.88. The van der Waals surface area contributed by atoms with Crippen molar-refractivity contribution < 1.29 is 4.79 Å². The first-order valence-corrected chi connectivity index (χ1v) is 8.33. The van der Waals surface area contributed by atoms with Crippen molar-refractivity contribution in [3.05, 3.63) is 0 Å². The molecule has 0 aromatic carbocycles. The molecular weight excluding hydrogens is 246 g/mol. The molecule has 0 spiro atoms. The fourth-order valence-electron chi connectivity index (χ4n) is 3.32. The first-order chi connectivity index (χ1) is 9.00. The molecule has 1 rings (SSSR count). The molecule has 0 aliphatic heterocycles. The van der Waals surface area contributed by atoms with E-state index in [2.05, 4.69) is 33.0 Å². The van der Waals surface area contributed by atoms with Gasteiger partial charge in [0.15, 0.2) is 5.78 Å². The number of rotatable bonds is 4. The molecule has 1 N–H and O–H groups in total. The Morgan fingerprint density at radius 1 is 1.10 bits per heavy atom. The van der Waals surface area contributed by atoms with Crippen molar-refractivity contribution in [2.75, 3.05) is 0 Å². The van der Waals surface area contributed by atoms with Crippen LogP contribution in [0.15, 0.2) is 0 Å². The van der Waals surface area contributed by atoms with E-state index in [1.165, 1.54) is 25.7 Å². The Morgan fingerprint density at radius 3 is 2.10 bits per heavy atom. The van der Waals surface area contributed by atoms with Gasteiger partial charge in [0, 0.05) is 11.0 Å². The van der Waals surface area contributed by atoms with Crippen LogP contribution in [0.5, 0.6) is 0 Å². The maximum Gasteiger partial charge on any atom is 0.155 e. The highest BCUT2D eigenvalue weighted by Gasteiger charge is 2.35. The molecule has 0 amide bonds. The zero-order valence-corrected chi connectivity index (χ0v) is 14.7. The van der Waals surface area contributed by atoms with Gasteiger partial charge < -0.3 is 5.32 Å². The van der Waals surface area contributed by atoms with Crippen LogP contribution in [0.4, 0.5) is 0 Å². The van der Waals surface area contributed by atoms with E-state index in [1.54, 1.807) is 0 Å². The minimum absolute atomic E-state index is 0.000509. The van der Waals surface area contributed by atoms with E-state index in [1.807, 2.05) is 20.8 Å². The van der Waals surface area contributed by atoms with Gasteiger partial charge in [0.2, 0.25) is 0 Å². The van der Waals surface area contributed by atoms with Crippen molar-refractivity contribution in [3.8, 4) is 0 Å². The van der Waals surface area contributed by atoms with E-state index in [-0.39, 0.29) is 17.0 Å². The molecule has 3 atom stereocenters. The molecule has 1 fully saturated rings. The molecule has 0 bridgehead atoms. The van der Waals surface area contributed by atoms with Crippen LogP contribution in [0.2, 0.25) is 0 Å². The van der Waals surface area contributed by atoms with Crippen LogP contribution in [-0.2, 0) is 4.79 Å². The van der Waals surface area contributed by atoms with Crippen LogP contribution >= 0.6 is 0 Å². The summed E-state index contributed by atoms with van der Waals surface area (Å²) in [6, 6.07) is 0.000509. The van der Waals surface area contributed by atoms with Gasteiger partial charge >= 0.3 is 0 Å². The Bertz CT molecular complexity index is 321. The van der Waals surface area contributed by atoms with Gasteiger partial charge in [-0.3, -0.25) is 4.79 Å². The van der Waals surface area contributed by atoms with Crippen molar-refractivity contribution in [1.29, 1.82) is 0 Å². The Labute approximate surface area is 126 Å². The van der Waals surface area contributed by atoms with Gasteiger partial charge in [-0.15, -0.1) is 0 Å². The number of Topliss-reactive ketones (excluding diaryl/α,β-unsaturated/α-hetero) is 1. The van der Waals surface area contributed by atoms with Gasteiger partial charge in [-0.1, -0.05) is 53.4 Å². The van der Waals surface area contributed by atoms with Gasteiger partial charge in [0.05, 0.1) is 6.04 Å². The van der Waals surface area contributed by atoms with E-state index in [9.17, 15) is 4.79 Å². The predicted octanol–water partition coefficient (Wildman–Crippen LogP) is 4.57. The molecule has 1 saturated carbocycles. The van der Waals surface area contributed by atoms with E-state index in [0.717, 1.165) is 12.3 Å². The molecule has 1 aliphatic carbocycles. The maximum absolute atomic E-state index is 12.8. The van der Waals surface area contributed by atoms with Gasteiger partial charge in [0.1, 0.15) is 0 Å². The van der Waals surface area contributed by atoms with Crippen molar-refractivity contribution >= 4 is 5.78 Å². The Balaban J connectivity index is 2.79. The lowest BCUT2D eigenvalue weighted by Crippen LogP contribution is -2.52. The van der Waals surface area contributed by atoms with Crippen molar-refractivity contribution in [1.82, 2.24) is 5.32 Å². The largest absolute Gasteiger partial charge is 0.303 e. The molecule has 0 saturated heterocycles. The Kier molecular flexibility index (Phi) is 5.83. The third-order valence-corrected chi connectivity index (χ3v) is 4.49. The predicted molar refractivity (Wildman–Crippen MR) is 86.9 cm³/mol. The van der Waals surface area contributed by atoms with Gasteiger partial charge in [0.25, 0.3) is 0 Å². The highest BCUT2D eigenvalue weighted by atomic mass is 16.1. The zero-order valence-electron chi connectivity index (χ0n) is 14.7. The minimum atomic E-state index is -0.263. The third-order valence-electron chi connectivity index (χ3n) is 4.49. The van der Waals surface area contributed by atoms with Crippen molar-refractivity contribution in [3.63, 3.8) is 0 Å². The number of hydrogen-bond donors (Lipinski definition) is 1. The van der Waals surface area contributed by atoms with Crippen LogP contribution < -0.4 is 5.32 Å². The number of carbonyl (C=O) groups is 1. The number of hydrogen-bond acceptors (Lipinski definition) is 2. The minimum Gasteiger partial charge on any atom is -0.303 e. The molecule has 0 heterocycles. The summed E-state index contributed by atoms with van der Waals surface area (Å²) in [5, 5.41) is 3.58. The van der Waals surface area contributed by atoms with Crippen LogP contribution in [-0.4, -0.2) is 17.4 Å². The normalized spacial score (nSPS) is 26.4. The summed E-state index contributed by atoms with van der Waals surface area (Å²) in [7, 11) is 0. The molecule has 20 heavy (non-hydrogen) atoms. The topological polar surface area (TPSA) is 29.1 Å². The molecule has 0 aromatic heterocycles. The molecular formula is C18H35NO. The second-order valence-corrected chi connectivity index (χ2v) is 8.82. The van der Waals surface area contributed by atoms with Crippen molar-refractivity contribution in [2.24, 2.45) is 17.3 Å². The second-order valence-electron chi connectivity index (χ2n) is 8.82. The summed E-state index contributed by atoms with van der Waals surface area (Å²) in [6.45, 7) is 14.9. The lowest BCUT2D eigenvalue weighted by Gasteiger charge is -2.37. The molecule has 3 unspecified atom stereocenters. The van der Waals surface area contributed by atoms with E-state index >= 15 is 0 Å². The third kappa shape index (κ3) is 5.55. The maximum atomic E-state index is 12.8. The van der Waals surface area contributed by atoms with Gasteiger partial charge in [-0.25, -0.2) is 0 Å². The standard InChI is InChI=1S/C18H35NO/c1-13-10-8-9-11-14(13)12-15(19-18(5,6)7)16(20)17(2,3)4/h13-15,19H,8-12H2,1-7H3. The quantitative estimate of drug-likeness (QED) is 0.817. The smallest absolute Gasteiger partial charge is 0.155 e. The fourth-order valence-corrected chi connectivity index (χ4v) is 3.32. The first kappa shape index (κ1) is 17.7. The average Bonchev–Trinajstić information content (AvgIpc) is 2.27. The molecule has 2 heteroatoms. The van der Waals surface area contributed by atoms with E-state index in [4.69, 9.17) is 0 Å². The van der Waals surface area contributed by atoms with Crippen molar-refractivity contribution in [2.45, 2.75) is 92.2 Å². The molecule has 2 nitrogen and oxygen atoms in total. The van der Waals surface area contributed by atoms with Crippen LogP contribution in [0, 0.1) is 17.3 Å². The Morgan fingerprint density at radius 2 is 1.65 bits per heavy atom. The molecule has 118 valence electrons. The average molecular weight is 281 g/mol. The number of ketones is 1. The van der Waals surface area contributed by atoms with E-state index < -0.39 is 0 Å². The fraction of sp³-hybridized carbons (Fsp3) is 0.944. The summed E-state index contributed by atoms with van der Waals surface area (Å²) < 4.78 is 0. The summed E-state index contributed by atoms with van der Waals surface area (Å²) in [5.41, 5.74) is -0.274. The highest BCUT2D eigenvalue weighted by Crippen LogP contribution is 2.34. The van der Waals surface area contributed by atoms with Crippen LogP contribution in [0.25, 0.3) is 0 Å². The Hall–Kier alpha value is -0.370. The molecule has 0 radical (unpaired) electrons. The first-order valence-electron chi connectivity index (χ1n) is 8.33. The lowest BCUT2D eigenvalue weighted by molar-refractivity contribution is -0.129. The molecule has 0 aromatic rings. The summed E-state index contributed by atoms with van der Waals surface area (Å²) >= 11 is 0. The monoisotopic (exact) mass is 281 g/mol. The zero-order chi connectivity index (χ0) is 15.6. The number of carbonyl (C=O) groups excluding carboxylic acids is 1. The van der Waals surface area contributed by atoms with Crippen LogP contribution in [0.1, 0.15) is 80.6 Å². The summed E-state index contributed by atoms with van der Waals surface area (Å²) in [5.74, 6) is 1.83. The van der Waals surface area contributed by atoms with Gasteiger partial charge in [-0.2, -0.15) is 0 Å². The number of nitrogens with one attached hydrogen (secondary N) is 1. The second kappa shape index (κ2) is 6.60. The summed E-state index contributed by atoms with van der Waals surface area (Å²) in [6.07, 6.45) is 6.33. The SMILES string of the molecule is CC1CCCCC1CC(NC(C)(C)C)C(=O)C(C)(C)C. The van der Waals surface area contributed by atoms with Crippen LogP contribution in [0.3, 0.4) is 0 Å². The molecule has 1 aliphatic rings. The van der Waals surface area contributed by atoms with E-state index in [0.29, 0.717) is 11.7 Å².